The quantitative estimate of drug-likeness (QED) is 0.584. The number of nitrogens with zero attached hydrogens (tertiary/aromatic N) is 1. The Balaban J connectivity index is 1.69. The standard InChI is InChI=1S/C16H23N3O/c17-15(18-11-16(20)9-4-10-16)19-14-8-3-6-12-5-1-2-7-13(12)14/h3,6,8,20H,1-2,4-5,7,9-11H2,(H3,17,18,19). The molecule has 0 amide bonds. The highest BCUT2D eigenvalue weighted by molar-refractivity contribution is 5.93. The van der Waals surface area contributed by atoms with Crippen LogP contribution in [0.5, 0.6) is 0 Å². The molecule has 1 aromatic rings. The number of rotatable bonds is 3. The van der Waals surface area contributed by atoms with Gasteiger partial charge in [0.25, 0.3) is 0 Å². The summed E-state index contributed by atoms with van der Waals surface area (Å²) in [5.41, 5.74) is 9.21. The molecule has 4 heteroatoms. The van der Waals surface area contributed by atoms with Crippen LogP contribution >= 0.6 is 0 Å². The van der Waals surface area contributed by atoms with Gasteiger partial charge in [0, 0.05) is 5.69 Å². The van der Waals surface area contributed by atoms with Crippen molar-refractivity contribution in [2.24, 2.45) is 10.7 Å². The van der Waals surface area contributed by atoms with Crippen LogP contribution in [0.1, 0.15) is 43.2 Å². The molecule has 3 rings (SSSR count). The third kappa shape index (κ3) is 2.80. The fourth-order valence-electron chi connectivity index (χ4n) is 3.05. The van der Waals surface area contributed by atoms with Crippen LogP contribution in [0.3, 0.4) is 0 Å². The number of nitrogens with one attached hydrogen (secondary N) is 1. The van der Waals surface area contributed by atoms with E-state index in [1.165, 1.54) is 24.0 Å². The molecule has 2 aliphatic rings. The van der Waals surface area contributed by atoms with Crippen LogP contribution in [-0.4, -0.2) is 23.2 Å². The van der Waals surface area contributed by atoms with E-state index >= 15 is 0 Å². The molecule has 1 aromatic carbocycles. The summed E-state index contributed by atoms with van der Waals surface area (Å²) in [5, 5.41) is 13.2. The van der Waals surface area contributed by atoms with Crippen LogP contribution in [0.25, 0.3) is 0 Å². The highest BCUT2D eigenvalue weighted by Gasteiger charge is 2.34. The van der Waals surface area contributed by atoms with Crippen molar-refractivity contribution in [2.75, 3.05) is 11.9 Å². The largest absolute Gasteiger partial charge is 0.388 e. The fourth-order valence-corrected chi connectivity index (χ4v) is 3.05. The summed E-state index contributed by atoms with van der Waals surface area (Å²) in [6, 6.07) is 6.33. The third-order valence-electron chi connectivity index (χ3n) is 4.49. The van der Waals surface area contributed by atoms with Gasteiger partial charge in [0.15, 0.2) is 5.96 Å². The first-order valence-corrected chi connectivity index (χ1v) is 7.56. The zero-order valence-corrected chi connectivity index (χ0v) is 11.9. The van der Waals surface area contributed by atoms with Gasteiger partial charge < -0.3 is 16.2 Å². The Morgan fingerprint density at radius 3 is 2.80 bits per heavy atom. The molecule has 1 saturated carbocycles. The summed E-state index contributed by atoms with van der Waals surface area (Å²) in [4.78, 5) is 4.30. The normalized spacial score (nSPS) is 20.9. The maximum atomic E-state index is 10.0. The van der Waals surface area contributed by atoms with E-state index in [4.69, 9.17) is 5.73 Å². The second-order valence-corrected chi connectivity index (χ2v) is 6.05. The summed E-state index contributed by atoms with van der Waals surface area (Å²) in [6.45, 7) is 0.404. The van der Waals surface area contributed by atoms with Crippen molar-refractivity contribution in [3.8, 4) is 0 Å². The monoisotopic (exact) mass is 273 g/mol. The molecule has 0 radical (unpaired) electrons. The lowest BCUT2D eigenvalue weighted by Gasteiger charge is -2.35. The molecular weight excluding hydrogens is 250 g/mol. The predicted octanol–water partition coefficient (Wildman–Crippen LogP) is 2.21. The van der Waals surface area contributed by atoms with Crippen molar-refractivity contribution in [2.45, 2.75) is 50.5 Å². The molecule has 2 aliphatic carbocycles. The number of aliphatic imine (C=N–C) groups is 1. The maximum Gasteiger partial charge on any atom is 0.193 e. The van der Waals surface area contributed by atoms with Gasteiger partial charge in [0.1, 0.15) is 0 Å². The zero-order valence-electron chi connectivity index (χ0n) is 11.9. The van der Waals surface area contributed by atoms with E-state index < -0.39 is 5.60 Å². The number of aliphatic hydroxyl groups is 1. The average Bonchev–Trinajstić information content (AvgIpc) is 2.43. The van der Waals surface area contributed by atoms with E-state index in [-0.39, 0.29) is 0 Å². The van der Waals surface area contributed by atoms with Crippen LogP contribution in [0.15, 0.2) is 23.2 Å². The van der Waals surface area contributed by atoms with Crippen molar-refractivity contribution in [1.82, 2.24) is 0 Å². The van der Waals surface area contributed by atoms with E-state index in [1.54, 1.807) is 0 Å². The minimum atomic E-state index is -0.609. The molecule has 0 aromatic heterocycles. The highest BCUT2D eigenvalue weighted by Crippen LogP contribution is 2.31. The second kappa shape index (κ2) is 5.44. The van der Waals surface area contributed by atoms with Gasteiger partial charge in [-0.3, -0.25) is 4.99 Å². The van der Waals surface area contributed by atoms with Gasteiger partial charge in [-0.1, -0.05) is 12.1 Å². The van der Waals surface area contributed by atoms with E-state index in [2.05, 4.69) is 28.5 Å². The number of aryl methyl sites for hydroxylation is 1. The van der Waals surface area contributed by atoms with Crippen LogP contribution < -0.4 is 11.1 Å². The average molecular weight is 273 g/mol. The second-order valence-electron chi connectivity index (χ2n) is 6.05. The number of hydrogen-bond acceptors (Lipinski definition) is 2. The van der Waals surface area contributed by atoms with Crippen LogP contribution in [0, 0.1) is 0 Å². The minimum absolute atomic E-state index is 0.404. The smallest absolute Gasteiger partial charge is 0.193 e. The van der Waals surface area contributed by atoms with Gasteiger partial charge in [-0.05, 0) is 62.1 Å². The summed E-state index contributed by atoms with van der Waals surface area (Å²) in [7, 11) is 0. The van der Waals surface area contributed by atoms with E-state index in [9.17, 15) is 5.11 Å². The molecule has 0 bridgehead atoms. The minimum Gasteiger partial charge on any atom is -0.388 e. The molecule has 108 valence electrons. The first kappa shape index (κ1) is 13.4. The number of nitrogens with two attached hydrogens (primary N) is 1. The molecule has 4 N–H and O–H groups in total. The van der Waals surface area contributed by atoms with E-state index in [1.807, 2.05) is 0 Å². The first-order valence-electron chi connectivity index (χ1n) is 7.56. The molecule has 20 heavy (non-hydrogen) atoms. The number of anilines is 1. The molecule has 0 atom stereocenters. The molecule has 0 unspecified atom stereocenters. The first-order chi connectivity index (χ1) is 9.66. The molecule has 0 spiro atoms. The zero-order chi connectivity index (χ0) is 14.0. The van der Waals surface area contributed by atoms with Crippen LogP contribution in [0.4, 0.5) is 5.69 Å². The topological polar surface area (TPSA) is 70.6 Å². The molecule has 4 nitrogen and oxygen atoms in total. The summed E-state index contributed by atoms with van der Waals surface area (Å²) in [5.74, 6) is 0.407. The Kier molecular flexibility index (Phi) is 3.66. The van der Waals surface area contributed by atoms with Gasteiger partial charge in [-0.25, -0.2) is 0 Å². The lowest BCUT2D eigenvalue weighted by atomic mass is 9.80. The van der Waals surface area contributed by atoms with Gasteiger partial charge in [-0.2, -0.15) is 0 Å². The Hall–Kier alpha value is -1.55. The van der Waals surface area contributed by atoms with Gasteiger partial charge in [0.05, 0.1) is 12.1 Å². The van der Waals surface area contributed by atoms with Gasteiger partial charge >= 0.3 is 0 Å². The van der Waals surface area contributed by atoms with Crippen molar-refractivity contribution in [3.63, 3.8) is 0 Å². The third-order valence-corrected chi connectivity index (χ3v) is 4.49. The number of benzene rings is 1. The summed E-state index contributed by atoms with van der Waals surface area (Å²) >= 11 is 0. The Morgan fingerprint density at radius 1 is 1.25 bits per heavy atom. The SMILES string of the molecule is NC(=NCC1(O)CCC1)Nc1cccc2c1CCCC2. The number of fused-ring (bicyclic) bond motifs is 1. The van der Waals surface area contributed by atoms with Crippen molar-refractivity contribution in [1.29, 1.82) is 0 Å². The van der Waals surface area contributed by atoms with Gasteiger partial charge in [0.2, 0.25) is 0 Å². The molecular formula is C16H23N3O. The lowest BCUT2D eigenvalue weighted by molar-refractivity contribution is -0.0235. The fraction of sp³-hybridized carbons (Fsp3) is 0.562. The number of guanidine groups is 1. The van der Waals surface area contributed by atoms with E-state index in [0.717, 1.165) is 37.8 Å². The molecule has 0 aliphatic heterocycles. The highest BCUT2D eigenvalue weighted by atomic mass is 16.3. The summed E-state index contributed by atoms with van der Waals surface area (Å²) < 4.78 is 0. The van der Waals surface area contributed by atoms with Gasteiger partial charge in [-0.15, -0.1) is 0 Å². The molecule has 0 heterocycles. The van der Waals surface area contributed by atoms with Crippen LogP contribution in [0.2, 0.25) is 0 Å². The van der Waals surface area contributed by atoms with E-state index in [0.29, 0.717) is 12.5 Å². The Bertz CT molecular complexity index is 520. The lowest BCUT2D eigenvalue weighted by Crippen LogP contribution is -2.41. The Labute approximate surface area is 120 Å². The molecule has 0 saturated heterocycles. The Morgan fingerprint density at radius 2 is 2.05 bits per heavy atom. The molecule has 1 fully saturated rings. The summed E-state index contributed by atoms with van der Waals surface area (Å²) in [6.07, 6.45) is 7.54. The van der Waals surface area contributed by atoms with Crippen LogP contribution in [-0.2, 0) is 12.8 Å². The van der Waals surface area contributed by atoms with Crippen molar-refractivity contribution < 1.29 is 5.11 Å². The number of hydrogen-bond donors (Lipinski definition) is 3. The van der Waals surface area contributed by atoms with Crippen molar-refractivity contribution in [3.05, 3.63) is 29.3 Å². The maximum absolute atomic E-state index is 10.0. The van der Waals surface area contributed by atoms with Crippen molar-refractivity contribution >= 4 is 11.6 Å². The predicted molar refractivity (Wildman–Crippen MR) is 82.0 cm³/mol.